The molecule has 2 nitrogen and oxygen atoms in total. The highest BCUT2D eigenvalue weighted by molar-refractivity contribution is 5.95. The largest absolute Gasteiger partial charge is 0.507 e. The number of rotatable bonds is 2. The summed E-state index contributed by atoms with van der Waals surface area (Å²) >= 11 is 0. The number of aliphatic hydroxyl groups excluding tert-OH is 1. The number of fused-ring (bicyclic) bond motifs is 2. The minimum Gasteiger partial charge on any atom is -0.507 e. The second-order valence-corrected chi connectivity index (χ2v) is 8.83. The Labute approximate surface area is 139 Å². The van der Waals surface area contributed by atoms with Crippen molar-refractivity contribution in [2.75, 3.05) is 0 Å². The van der Waals surface area contributed by atoms with E-state index in [1.165, 1.54) is 0 Å². The predicted octanol–water partition coefficient (Wildman–Crippen LogP) is 5.40. The van der Waals surface area contributed by atoms with Crippen molar-refractivity contribution in [3.63, 3.8) is 0 Å². The van der Waals surface area contributed by atoms with E-state index in [2.05, 4.69) is 34.6 Å². The fraction of sp³-hybridized carbons (Fsp3) is 0.571. The standard InChI is InChI=1S/C21H28O2/c1-19(2,3)18(17(23)14-9-7-6-8-10-14)21-12-11-15(13-16(21)22)20(21,4)5/h6-10,15,23H,11-13H2,1-5H3. The van der Waals surface area contributed by atoms with Gasteiger partial charge in [-0.3, -0.25) is 4.79 Å². The number of ketones is 1. The Hall–Kier alpha value is -1.57. The van der Waals surface area contributed by atoms with Gasteiger partial charge in [0.25, 0.3) is 0 Å². The van der Waals surface area contributed by atoms with Crippen molar-refractivity contribution >= 4 is 11.5 Å². The molecule has 0 radical (unpaired) electrons. The van der Waals surface area contributed by atoms with Crippen LogP contribution in [0.2, 0.25) is 0 Å². The third-order valence-corrected chi connectivity index (χ3v) is 6.36. The first-order chi connectivity index (χ1) is 10.6. The van der Waals surface area contributed by atoms with Crippen LogP contribution < -0.4 is 0 Å². The number of aliphatic hydroxyl groups is 1. The molecule has 0 spiro atoms. The lowest BCUT2D eigenvalue weighted by molar-refractivity contribution is -0.127. The molecule has 0 aromatic heterocycles. The van der Waals surface area contributed by atoms with Gasteiger partial charge in [0.05, 0.1) is 5.41 Å². The summed E-state index contributed by atoms with van der Waals surface area (Å²) in [5.41, 5.74) is 0.883. The molecular formula is C21H28O2. The maximum absolute atomic E-state index is 13.1. The molecule has 0 heterocycles. The molecule has 0 amide bonds. The molecule has 124 valence electrons. The van der Waals surface area contributed by atoms with Gasteiger partial charge in [-0.15, -0.1) is 0 Å². The van der Waals surface area contributed by atoms with Crippen LogP contribution in [-0.2, 0) is 4.79 Å². The predicted molar refractivity (Wildman–Crippen MR) is 94.0 cm³/mol. The lowest BCUT2D eigenvalue weighted by Crippen LogP contribution is -2.42. The van der Waals surface area contributed by atoms with E-state index in [9.17, 15) is 9.90 Å². The van der Waals surface area contributed by atoms with Gasteiger partial charge in [0.15, 0.2) is 0 Å². The number of hydrogen-bond acceptors (Lipinski definition) is 2. The Morgan fingerprint density at radius 1 is 1.17 bits per heavy atom. The fourth-order valence-electron chi connectivity index (χ4n) is 5.20. The molecule has 1 aromatic carbocycles. The van der Waals surface area contributed by atoms with E-state index in [1.807, 2.05) is 30.3 Å². The molecular weight excluding hydrogens is 284 g/mol. The van der Waals surface area contributed by atoms with Crippen molar-refractivity contribution in [3.8, 4) is 0 Å². The van der Waals surface area contributed by atoms with Crippen LogP contribution in [0.4, 0.5) is 0 Å². The molecule has 2 bridgehead atoms. The van der Waals surface area contributed by atoms with Gasteiger partial charge in [0, 0.05) is 12.0 Å². The van der Waals surface area contributed by atoms with Gasteiger partial charge in [-0.2, -0.15) is 0 Å². The van der Waals surface area contributed by atoms with Gasteiger partial charge in [-0.25, -0.2) is 0 Å². The summed E-state index contributed by atoms with van der Waals surface area (Å²) in [6, 6.07) is 9.67. The molecule has 3 rings (SSSR count). The quantitative estimate of drug-likeness (QED) is 0.743. The monoisotopic (exact) mass is 312 g/mol. The average molecular weight is 312 g/mol. The van der Waals surface area contributed by atoms with Crippen LogP contribution in [0.1, 0.15) is 59.4 Å². The highest BCUT2D eigenvalue weighted by Gasteiger charge is 2.67. The van der Waals surface area contributed by atoms with Gasteiger partial charge < -0.3 is 5.11 Å². The molecule has 23 heavy (non-hydrogen) atoms. The van der Waals surface area contributed by atoms with Crippen LogP contribution in [-0.4, -0.2) is 10.9 Å². The minimum atomic E-state index is -0.518. The summed E-state index contributed by atoms with van der Waals surface area (Å²) in [7, 11) is 0. The van der Waals surface area contributed by atoms with Crippen LogP contribution in [0.15, 0.2) is 35.9 Å². The Bertz CT molecular complexity index is 661. The molecule has 2 fully saturated rings. The van der Waals surface area contributed by atoms with Crippen LogP contribution in [0, 0.1) is 22.2 Å². The average Bonchev–Trinajstić information content (AvgIpc) is 2.81. The Kier molecular flexibility index (Phi) is 3.51. The molecule has 2 saturated carbocycles. The third kappa shape index (κ3) is 2.10. The second kappa shape index (κ2) is 4.96. The van der Waals surface area contributed by atoms with Crippen molar-refractivity contribution in [2.24, 2.45) is 22.2 Å². The van der Waals surface area contributed by atoms with Gasteiger partial charge in [0.1, 0.15) is 11.5 Å². The smallest absolute Gasteiger partial charge is 0.144 e. The van der Waals surface area contributed by atoms with Gasteiger partial charge in [-0.05, 0) is 35.2 Å². The van der Waals surface area contributed by atoms with E-state index in [0.717, 1.165) is 24.0 Å². The number of carbonyl (C=O) groups is 1. The minimum absolute atomic E-state index is 0.0878. The number of benzene rings is 1. The Balaban J connectivity index is 2.29. The lowest BCUT2D eigenvalue weighted by atomic mass is 9.58. The highest BCUT2D eigenvalue weighted by atomic mass is 16.3. The van der Waals surface area contributed by atoms with Crippen LogP contribution in [0.25, 0.3) is 5.76 Å². The number of Topliss-reactive ketones (excluding diaryl/α,β-unsaturated/α-hetero) is 1. The molecule has 2 atom stereocenters. The molecule has 2 heteroatoms. The zero-order chi connectivity index (χ0) is 17.0. The van der Waals surface area contributed by atoms with E-state index in [-0.39, 0.29) is 10.8 Å². The summed E-state index contributed by atoms with van der Waals surface area (Å²) in [5, 5.41) is 11.2. The SMILES string of the molecule is CC(C)(C)C(=C(O)c1ccccc1)C12CCC(CC1=O)C2(C)C. The van der Waals surface area contributed by atoms with Gasteiger partial charge in [0.2, 0.25) is 0 Å². The molecule has 2 aliphatic carbocycles. The van der Waals surface area contributed by atoms with E-state index >= 15 is 0 Å². The Morgan fingerprint density at radius 3 is 2.22 bits per heavy atom. The number of hydrogen-bond donors (Lipinski definition) is 1. The summed E-state index contributed by atoms with van der Waals surface area (Å²) in [6.45, 7) is 10.8. The molecule has 2 aliphatic rings. The van der Waals surface area contributed by atoms with E-state index in [1.54, 1.807) is 0 Å². The second-order valence-electron chi connectivity index (χ2n) is 8.83. The van der Waals surface area contributed by atoms with Crippen LogP contribution >= 0.6 is 0 Å². The van der Waals surface area contributed by atoms with Crippen molar-refractivity contribution in [1.82, 2.24) is 0 Å². The number of allylic oxidation sites excluding steroid dienone is 1. The van der Waals surface area contributed by atoms with Gasteiger partial charge in [-0.1, -0.05) is 65.0 Å². The summed E-state index contributed by atoms with van der Waals surface area (Å²) in [5.74, 6) is 1.07. The summed E-state index contributed by atoms with van der Waals surface area (Å²) in [4.78, 5) is 13.1. The first kappa shape index (κ1) is 16.3. The molecule has 1 N–H and O–H groups in total. The van der Waals surface area contributed by atoms with Crippen LogP contribution in [0.3, 0.4) is 0 Å². The van der Waals surface area contributed by atoms with E-state index in [4.69, 9.17) is 0 Å². The lowest BCUT2D eigenvalue weighted by Gasteiger charge is -2.44. The summed E-state index contributed by atoms with van der Waals surface area (Å²) in [6.07, 6.45) is 2.61. The topological polar surface area (TPSA) is 37.3 Å². The zero-order valence-electron chi connectivity index (χ0n) is 14.9. The molecule has 0 aliphatic heterocycles. The van der Waals surface area contributed by atoms with Crippen molar-refractivity contribution in [1.29, 1.82) is 0 Å². The maximum Gasteiger partial charge on any atom is 0.144 e. The number of carbonyl (C=O) groups excluding carboxylic acids is 1. The van der Waals surface area contributed by atoms with Crippen molar-refractivity contribution < 1.29 is 9.90 Å². The maximum atomic E-state index is 13.1. The molecule has 1 aromatic rings. The van der Waals surface area contributed by atoms with Crippen LogP contribution in [0.5, 0.6) is 0 Å². The molecule has 0 saturated heterocycles. The van der Waals surface area contributed by atoms with Gasteiger partial charge >= 0.3 is 0 Å². The zero-order valence-corrected chi connectivity index (χ0v) is 14.9. The normalized spacial score (nSPS) is 30.5. The van der Waals surface area contributed by atoms with E-state index in [0.29, 0.717) is 23.9 Å². The van der Waals surface area contributed by atoms with Crippen molar-refractivity contribution in [2.45, 2.75) is 53.9 Å². The Morgan fingerprint density at radius 2 is 1.78 bits per heavy atom. The fourth-order valence-corrected chi connectivity index (χ4v) is 5.20. The van der Waals surface area contributed by atoms with E-state index < -0.39 is 5.41 Å². The summed E-state index contributed by atoms with van der Waals surface area (Å²) < 4.78 is 0. The third-order valence-electron chi connectivity index (χ3n) is 6.36. The highest BCUT2D eigenvalue weighted by Crippen LogP contribution is 2.69. The molecule has 2 unspecified atom stereocenters. The first-order valence-electron chi connectivity index (χ1n) is 8.65. The first-order valence-corrected chi connectivity index (χ1v) is 8.65. The van der Waals surface area contributed by atoms with Crippen molar-refractivity contribution in [3.05, 3.63) is 41.5 Å².